The van der Waals surface area contributed by atoms with Crippen LogP contribution in [0.25, 0.3) is 11.1 Å². The first-order valence-corrected chi connectivity index (χ1v) is 13.7. The summed E-state index contributed by atoms with van der Waals surface area (Å²) < 4.78 is 0. The number of carbonyl (C=O) groups is 1. The zero-order chi connectivity index (χ0) is 25.5. The first kappa shape index (κ1) is 26.0. The Morgan fingerprint density at radius 1 is 1.03 bits per heavy atom. The van der Waals surface area contributed by atoms with E-state index in [0.717, 1.165) is 52.2 Å². The molecule has 1 heterocycles. The van der Waals surface area contributed by atoms with E-state index in [1.54, 1.807) is 11.8 Å². The lowest BCUT2D eigenvalue weighted by Gasteiger charge is -2.29. The molecule has 4 rings (SSSR count). The lowest BCUT2D eigenvalue weighted by Crippen LogP contribution is -2.17. The standard InChI is InChI=1S/C32H36N2OS/c1-22-13-18-31(30(19-22)28-10-6-5-7-11-28)34-32(35)23(2)21-36-25(4)27-16-14-26(15-17-27)20-29-12-8-9-24(3)33-29/h5-13,18-19,21,26-27H,4,14-17,20H2,1-3H3,(H,34,35)/b23-21+. The van der Waals surface area contributed by atoms with Crippen molar-refractivity contribution >= 4 is 23.4 Å². The van der Waals surface area contributed by atoms with Gasteiger partial charge in [0, 0.05) is 28.2 Å². The fraction of sp³-hybridized carbons (Fsp3) is 0.312. The van der Waals surface area contributed by atoms with Crippen LogP contribution in [0.4, 0.5) is 5.69 Å². The molecule has 1 saturated carbocycles. The van der Waals surface area contributed by atoms with Gasteiger partial charge >= 0.3 is 0 Å². The Balaban J connectivity index is 1.30. The van der Waals surface area contributed by atoms with Crippen LogP contribution in [0, 0.1) is 25.7 Å². The predicted molar refractivity (Wildman–Crippen MR) is 154 cm³/mol. The molecule has 1 amide bonds. The van der Waals surface area contributed by atoms with Crippen molar-refractivity contribution in [1.82, 2.24) is 4.98 Å². The van der Waals surface area contributed by atoms with E-state index in [0.29, 0.717) is 17.4 Å². The molecular formula is C32H36N2OS. The van der Waals surface area contributed by atoms with Crippen LogP contribution in [0.5, 0.6) is 0 Å². The maximum absolute atomic E-state index is 13.0. The zero-order valence-corrected chi connectivity index (χ0v) is 22.4. The molecule has 3 nitrogen and oxygen atoms in total. The number of carbonyl (C=O) groups excluding carboxylic acids is 1. The number of rotatable bonds is 8. The normalized spacial score (nSPS) is 18.0. The molecule has 0 radical (unpaired) electrons. The average molecular weight is 497 g/mol. The summed E-state index contributed by atoms with van der Waals surface area (Å²) in [6, 6.07) is 22.6. The minimum Gasteiger partial charge on any atom is -0.322 e. The van der Waals surface area contributed by atoms with Gasteiger partial charge in [0.05, 0.1) is 0 Å². The number of aryl methyl sites for hydroxylation is 2. The van der Waals surface area contributed by atoms with Gasteiger partial charge < -0.3 is 5.32 Å². The molecule has 0 aliphatic heterocycles. The van der Waals surface area contributed by atoms with Crippen LogP contribution in [-0.2, 0) is 11.2 Å². The number of thioether (sulfide) groups is 1. The van der Waals surface area contributed by atoms with Crippen LogP contribution in [0.15, 0.2) is 89.2 Å². The SMILES string of the molecule is C=C(S/C=C(\C)C(=O)Nc1ccc(C)cc1-c1ccccc1)C1CCC(Cc2cccc(C)n2)CC1. The Morgan fingerprint density at radius 2 is 1.78 bits per heavy atom. The summed E-state index contributed by atoms with van der Waals surface area (Å²) in [7, 11) is 0. The van der Waals surface area contributed by atoms with Crippen LogP contribution in [0.3, 0.4) is 0 Å². The van der Waals surface area contributed by atoms with Crippen molar-refractivity contribution in [3.8, 4) is 11.1 Å². The third kappa shape index (κ3) is 6.98. The van der Waals surface area contributed by atoms with Crippen molar-refractivity contribution in [1.29, 1.82) is 0 Å². The lowest BCUT2D eigenvalue weighted by atomic mass is 9.80. The maximum atomic E-state index is 13.0. The van der Waals surface area contributed by atoms with E-state index in [4.69, 9.17) is 0 Å². The maximum Gasteiger partial charge on any atom is 0.251 e. The average Bonchev–Trinajstić information content (AvgIpc) is 2.89. The minimum absolute atomic E-state index is 0.0781. The molecule has 3 aromatic rings. The van der Waals surface area contributed by atoms with Crippen molar-refractivity contribution in [3.05, 3.63) is 106 Å². The Bertz CT molecular complexity index is 1240. The number of nitrogens with one attached hydrogen (secondary N) is 1. The molecule has 1 fully saturated rings. The minimum atomic E-state index is -0.0781. The summed E-state index contributed by atoms with van der Waals surface area (Å²) in [5, 5.41) is 5.07. The molecular weight excluding hydrogens is 460 g/mol. The predicted octanol–water partition coefficient (Wildman–Crippen LogP) is 8.50. The van der Waals surface area contributed by atoms with Gasteiger partial charge in [-0.2, -0.15) is 0 Å². The largest absolute Gasteiger partial charge is 0.322 e. The second-order valence-corrected chi connectivity index (χ2v) is 10.9. The van der Waals surface area contributed by atoms with E-state index in [2.05, 4.69) is 67.1 Å². The van der Waals surface area contributed by atoms with Gasteiger partial charge in [-0.15, -0.1) is 11.8 Å². The molecule has 0 saturated heterocycles. The summed E-state index contributed by atoms with van der Waals surface area (Å²) in [4.78, 5) is 18.8. The van der Waals surface area contributed by atoms with Gasteiger partial charge in [-0.25, -0.2) is 0 Å². The molecule has 1 aliphatic carbocycles. The second-order valence-electron chi connectivity index (χ2n) is 9.95. The van der Waals surface area contributed by atoms with Crippen LogP contribution < -0.4 is 5.32 Å². The van der Waals surface area contributed by atoms with E-state index in [9.17, 15) is 4.79 Å². The molecule has 4 heteroatoms. The van der Waals surface area contributed by atoms with Crippen molar-refractivity contribution in [2.45, 2.75) is 52.9 Å². The summed E-state index contributed by atoms with van der Waals surface area (Å²) in [6.45, 7) is 10.3. The molecule has 1 aliphatic rings. The fourth-order valence-electron chi connectivity index (χ4n) is 4.86. The molecule has 2 aromatic carbocycles. The number of anilines is 1. The fourth-order valence-corrected chi connectivity index (χ4v) is 5.72. The molecule has 36 heavy (non-hydrogen) atoms. The Kier molecular flexibility index (Phi) is 8.82. The number of allylic oxidation sites excluding steroid dienone is 1. The number of benzene rings is 2. The summed E-state index contributed by atoms with van der Waals surface area (Å²) in [5.41, 5.74) is 7.11. The van der Waals surface area contributed by atoms with Gasteiger partial charge in [-0.3, -0.25) is 9.78 Å². The van der Waals surface area contributed by atoms with Crippen molar-refractivity contribution in [3.63, 3.8) is 0 Å². The summed E-state index contributed by atoms with van der Waals surface area (Å²) in [5.74, 6) is 1.13. The second kappa shape index (κ2) is 12.2. The molecule has 0 spiro atoms. The first-order valence-electron chi connectivity index (χ1n) is 12.8. The third-order valence-electron chi connectivity index (χ3n) is 7.00. The van der Waals surface area contributed by atoms with Crippen molar-refractivity contribution in [2.75, 3.05) is 5.32 Å². The summed E-state index contributed by atoms with van der Waals surface area (Å²) >= 11 is 1.61. The lowest BCUT2D eigenvalue weighted by molar-refractivity contribution is -0.112. The Morgan fingerprint density at radius 3 is 2.50 bits per heavy atom. The molecule has 0 atom stereocenters. The van der Waals surface area contributed by atoms with E-state index in [1.165, 1.54) is 18.5 Å². The topological polar surface area (TPSA) is 42.0 Å². The number of nitrogens with zero attached hydrogens (tertiary/aromatic N) is 1. The van der Waals surface area contributed by atoms with Gasteiger partial charge in [0.15, 0.2) is 0 Å². The van der Waals surface area contributed by atoms with Crippen molar-refractivity contribution < 1.29 is 4.79 Å². The van der Waals surface area contributed by atoms with E-state index in [1.807, 2.05) is 42.7 Å². The number of pyridine rings is 1. The van der Waals surface area contributed by atoms with Crippen LogP contribution in [-0.4, -0.2) is 10.9 Å². The van der Waals surface area contributed by atoms with Crippen molar-refractivity contribution in [2.24, 2.45) is 11.8 Å². The van der Waals surface area contributed by atoms with E-state index >= 15 is 0 Å². The quantitative estimate of drug-likeness (QED) is 0.318. The Labute approximate surface area is 220 Å². The Hall–Kier alpha value is -3.11. The molecule has 1 aromatic heterocycles. The number of hydrogen-bond acceptors (Lipinski definition) is 3. The smallest absolute Gasteiger partial charge is 0.251 e. The van der Waals surface area contributed by atoms with E-state index in [-0.39, 0.29) is 5.91 Å². The van der Waals surface area contributed by atoms with Gasteiger partial charge in [-0.1, -0.05) is 54.6 Å². The molecule has 186 valence electrons. The van der Waals surface area contributed by atoms with Gasteiger partial charge in [0.25, 0.3) is 5.91 Å². The monoisotopic (exact) mass is 496 g/mol. The molecule has 1 N–H and O–H groups in total. The highest BCUT2D eigenvalue weighted by atomic mass is 32.2. The number of aromatic nitrogens is 1. The first-order chi connectivity index (χ1) is 17.4. The molecule has 0 bridgehead atoms. The van der Waals surface area contributed by atoms with Gasteiger partial charge in [0.2, 0.25) is 0 Å². The number of hydrogen-bond donors (Lipinski definition) is 1. The highest BCUT2D eigenvalue weighted by Gasteiger charge is 2.23. The van der Waals surface area contributed by atoms with Crippen LogP contribution >= 0.6 is 11.8 Å². The molecule has 0 unspecified atom stereocenters. The van der Waals surface area contributed by atoms with Gasteiger partial charge in [-0.05, 0) is 105 Å². The van der Waals surface area contributed by atoms with Crippen LogP contribution in [0.1, 0.15) is 49.6 Å². The van der Waals surface area contributed by atoms with E-state index < -0.39 is 0 Å². The number of amides is 1. The van der Waals surface area contributed by atoms with Crippen LogP contribution in [0.2, 0.25) is 0 Å². The summed E-state index contributed by atoms with van der Waals surface area (Å²) in [6.07, 6.45) is 5.80. The third-order valence-corrected chi connectivity index (χ3v) is 8.11. The zero-order valence-electron chi connectivity index (χ0n) is 21.6. The highest BCUT2D eigenvalue weighted by Crippen LogP contribution is 2.39. The highest BCUT2D eigenvalue weighted by molar-refractivity contribution is 8.05. The van der Waals surface area contributed by atoms with Gasteiger partial charge in [0.1, 0.15) is 0 Å².